The lowest BCUT2D eigenvalue weighted by Gasteiger charge is -2.25. The molecule has 0 aliphatic rings. The molecule has 0 amide bonds. The summed E-state index contributed by atoms with van der Waals surface area (Å²) in [4.78, 5) is 11.0. The van der Waals surface area contributed by atoms with E-state index in [-0.39, 0.29) is 10.9 Å². The van der Waals surface area contributed by atoms with Crippen molar-refractivity contribution in [1.29, 1.82) is 0 Å². The van der Waals surface area contributed by atoms with Crippen LogP contribution in [0.15, 0.2) is 0 Å². The molecular formula is C5H14NO3P+. The maximum absolute atomic E-state index is 11.0. The first-order valence-electron chi connectivity index (χ1n) is 3.09. The first-order chi connectivity index (χ1) is 4.31. The van der Waals surface area contributed by atoms with Crippen molar-refractivity contribution >= 4 is 7.75 Å². The van der Waals surface area contributed by atoms with Crippen molar-refractivity contribution < 1.29 is 18.2 Å². The number of hydrogen-bond acceptors (Lipinski definition) is 2. The van der Waals surface area contributed by atoms with Crippen molar-refractivity contribution in [1.82, 2.24) is 0 Å². The van der Waals surface area contributed by atoms with Crippen molar-refractivity contribution in [3.8, 4) is 0 Å². The van der Waals surface area contributed by atoms with Gasteiger partial charge < -0.3 is 0 Å². The van der Waals surface area contributed by atoms with Gasteiger partial charge in [0, 0.05) is 0 Å². The second-order valence-electron chi connectivity index (χ2n) is 2.83. The van der Waals surface area contributed by atoms with Crippen LogP contribution in [0.25, 0.3) is 0 Å². The van der Waals surface area contributed by atoms with Crippen molar-refractivity contribution in [2.45, 2.75) is 6.92 Å². The Morgan fingerprint density at radius 2 is 1.80 bits per heavy atom. The minimum atomic E-state index is -3.69. The summed E-state index contributed by atoms with van der Waals surface area (Å²) in [6, 6.07) is 0. The van der Waals surface area contributed by atoms with Gasteiger partial charge in [-0.2, -0.15) is 4.57 Å². The molecule has 0 aromatic carbocycles. The molecule has 0 spiro atoms. The second kappa shape index (κ2) is 3.01. The van der Waals surface area contributed by atoms with Gasteiger partial charge in [0.1, 0.15) is 0 Å². The standard InChI is InChI=1S/C5H14NO3P/c1-5-9-10(7,8)6(2,3)4/h5H2,1-4H3/q+1. The molecule has 1 atom stereocenters. The summed E-state index contributed by atoms with van der Waals surface area (Å²) < 4.78 is 15.4. The fraction of sp³-hybridized carbons (Fsp3) is 1.00. The maximum Gasteiger partial charge on any atom is 0.558 e. The third-order valence-corrected chi connectivity index (χ3v) is 3.08. The number of nitrogens with zero attached hydrogens (tertiary/aromatic N) is 1. The van der Waals surface area contributed by atoms with Gasteiger partial charge in [0.05, 0.1) is 27.7 Å². The van der Waals surface area contributed by atoms with Gasteiger partial charge in [-0.25, -0.2) is 4.25 Å². The molecule has 0 saturated heterocycles. The number of quaternary nitrogens is 1. The van der Waals surface area contributed by atoms with E-state index < -0.39 is 7.75 Å². The number of hydrogen-bond donors (Lipinski definition) is 0. The molecular weight excluding hydrogens is 153 g/mol. The largest absolute Gasteiger partial charge is 0.558 e. The van der Waals surface area contributed by atoms with E-state index in [0.717, 1.165) is 0 Å². The van der Waals surface area contributed by atoms with Crippen LogP contribution in [-0.4, -0.2) is 32.0 Å². The second-order valence-corrected chi connectivity index (χ2v) is 5.22. The van der Waals surface area contributed by atoms with E-state index in [4.69, 9.17) is 0 Å². The Labute approximate surface area is 61.6 Å². The molecule has 0 aromatic heterocycles. The summed E-state index contributed by atoms with van der Waals surface area (Å²) in [6.07, 6.45) is 0. The van der Waals surface area contributed by atoms with Crippen LogP contribution in [0.4, 0.5) is 0 Å². The minimum absolute atomic E-state index is 0.166. The summed E-state index contributed by atoms with van der Waals surface area (Å²) in [5.41, 5.74) is 0. The quantitative estimate of drug-likeness (QED) is 0.594. The molecule has 0 fully saturated rings. The van der Waals surface area contributed by atoms with Gasteiger partial charge in [0.25, 0.3) is 0 Å². The molecule has 0 N–H and O–H groups in total. The van der Waals surface area contributed by atoms with Crippen LogP contribution in [0.1, 0.15) is 6.92 Å². The van der Waals surface area contributed by atoms with E-state index in [9.17, 15) is 9.46 Å². The van der Waals surface area contributed by atoms with Gasteiger partial charge in [0.15, 0.2) is 0 Å². The highest BCUT2D eigenvalue weighted by Crippen LogP contribution is 2.49. The Kier molecular flexibility index (Phi) is 3.04. The first kappa shape index (κ1) is 10.1. The Bertz CT molecular complexity index is 151. The van der Waals surface area contributed by atoms with E-state index in [1.165, 1.54) is 0 Å². The molecule has 0 rings (SSSR count). The average molecular weight is 167 g/mol. The molecule has 61 valence electrons. The normalized spacial score (nSPS) is 18.5. The van der Waals surface area contributed by atoms with Crippen LogP contribution in [0.5, 0.6) is 0 Å². The lowest BCUT2D eigenvalue weighted by Crippen LogP contribution is -2.30. The van der Waals surface area contributed by atoms with Crippen molar-refractivity contribution in [3.63, 3.8) is 0 Å². The molecule has 5 heteroatoms. The summed E-state index contributed by atoms with van der Waals surface area (Å²) >= 11 is 0. The zero-order valence-electron chi connectivity index (χ0n) is 6.83. The molecule has 10 heavy (non-hydrogen) atoms. The predicted octanol–water partition coefficient (Wildman–Crippen LogP) is 1.27. The molecule has 1 unspecified atom stereocenters. The molecule has 0 bridgehead atoms. The lowest BCUT2D eigenvalue weighted by atomic mass is 10.9. The SMILES string of the molecule is CCOP([O])(=O)[N+](C)(C)C. The summed E-state index contributed by atoms with van der Waals surface area (Å²) in [5.74, 6) is 0. The maximum atomic E-state index is 11.0. The van der Waals surface area contributed by atoms with Crippen molar-refractivity contribution in [2.24, 2.45) is 0 Å². The van der Waals surface area contributed by atoms with Crippen LogP contribution in [-0.2, 0) is 14.0 Å². The molecule has 0 aliphatic carbocycles. The molecule has 0 saturated carbocycles. The fourth-order valence-electron chi connectivity index (χ4n) is 0.336. The zero-order valence-corrected chi connectivity index (χ0v) is 7.72. The number of rotatable bonds is 3. The lowest BCUT2D eigenvalue weighted by molar-refractivity contribution is -0.760. The molecule has 1 radical (unpaired) electrons. The Balaban J connectivity index is 4.26. The monoisotopic (exact) mass is 167 g/mol. The van der Waals surface area contributed by atoms with Crippen LogP contribution < -0.4 is 0 Å². The van der Waals surface area contributed by atoms with E-state index in [1.54, 1.807) is 28.1 Å². The minimum Gasteiger partial charge on any atom is -0.262 e. The van der Waals surface area contributed by atoms with Crippen molar-refractivity contribution in [3.05, 3.63) is 0 Å². The molecule has 0 aliphatic heterocycles. The summed E-state index contributed by atoms with van der Waals surface area (Å²) in [5, 5.41) is 0. The summed E-state index contributed by atoms with van der Waals surface area (Å²) in [7, 11) is 0.988. The fourth-order valence-corrected chi connectivity index (χ4v) is 1.01. The van der Waals surface area contributed by atoms with E-state index >= 15 is 0 Å². The highest BCUT2D eigenvalue weighted by Gasteiger charge is 2.39. The summed E-state index contributed by atoms with van der Waals surface area (Å²) in [6.45, 7) is 1.86. The Hall–Kier alpha value is 0.110. The topological polar surface area (TPSA) is 46.2 Å². The van der Waals surface area contributed by atoms with Gasteiger partial charge in [0.2, 0.25) is 0 Å². The smallest absolute Gasteiger partial charge is 0.262 e. The van der Waals surface area contributed by atoms with Gasteiger partial charge in [-0.15, -0.1) is 0 Å². The average Bonchev–Trinajstić information content (AvgIpc) is 1.61. The molecule has 4 nitrogen and oxygen atoms in total. The van der Waals surface area contributed by atoms with Gasteiger partial charge in [-0.1, -0.05) is 4.89 Å². The zero-order chi connectivity index (χ0) is 8.41. The van der Waals surface area contributed by atoms with E-state index in [2.05, 4.69) is 4.52 Å². The van der Waals surface area contributed by atoms with Crippen LogP contribution in [0.3, 0.4) is 0 Å². The van der Waals surface area contributed by atoms with Gasteiger partial charge >= 0.3 is 7.75 Å². The van der Waals surface area contributed by atoms with E-state index in [1.807, 2.05) is 0 Å². The molecule has 0 aromatic rings. The van der Waals surface area contributed by atoms with Crippen LogP contribution in [0.2, 0.25) is 0 Å². The highest BCUT2D eigenvalue weighted by molar-refractivity contribution is 7.46. The predicted molar refractivity (Wildman–Crippen MR) is 38.0 cm³/mol. The van der Waals surface area contributed by atoms with Crippen LogP contribution >= 0.6 is 7.75 Å². The van der Waals surface area contributed by atoms with Crippen LogP contribution in [0, 0.1) is 0 Å². The third-order valence-electron chi connectivity index (χ3n) is 1.03. The van der Waals surface area contributed by atoms with Gasteiger partial charge in [-0.3, -0.25) is 4.52 Å². The highest BCUT2D eigenvalue weighted by atomic mass is 31.2. The van der Waals surface area contributed by atoms with Crippen molar-refractivity contribution in [2.75, 3.05) is 27.7 Å². The molecule has 0 heterocycles. The Morgan fingerprint density at radius 1 is 1.40 bits per heavy atom. The van der Waals surface area contributed by atoms with E-state index in [0.29, 0.717) is 0 Å². The third kappa shape index (κ3) is 2.39. The first-order valence-corrected chi connectivity index (χ1v) is 4.58. The van der Waals surface area contributed by atoms with Gasteiger partial charge in [-0.05, 0) is 6.92 Å². The Morgan fingerprint density at radius 3 is 1.90 bits per heavy atom.